The van der Waals surface area contributed by atoms with Gasteiger partial charge in [-0.05, 0) is 40.2 Å². The average Bonchev–Trinajstić information content (AvgIpc) is 2.69. The summed E-state index contributed by atoms with van der Waals surface area (Å²) in [5, 5.41) is 2.79. The van der Waals surface area contributed by atoms with E-state index in [4.69, 9.17) is 11.6 Å². The zero-order valence-electron chi connectivity index (χ0n) is 9.38. The minimum atomic E-state index is -0.469. The molecule has 0 saturated carbocycles. The maximum Gasteiger partial charge on any atom is 0.272 e. The van der Waals surface area contributed by atoms with Gasteiger partial charge in [-0.3, -0.25) is 4.79 Å². The minimum Gasteiger partial charge on any atom is -0.347 e. The summed E-state index contributed by atoms with van der Waals surface area (Å²) in [5.41, 5.74) is 0.839. The van der Waals surface area contributed by atoms with Gasteiger partial charge in [0.1, 0.15) is 11.5 Å². The molecule has 18 heavy (non-hydrogen) atoms. The maximum atomic E-state index is 13.1. The number of hydrogen-bond acceptors (Lipinski definition) is 1. The molecular weight excluding hydrogens is 322 g/mol. The Morgan fingerprint density at radius 3 is 2.78 bits per heavy atom. The lowest BCUT2D eigenvalue weighted by molar-refractivity contribution is 0.101. The molecule has 1 heterocycles. The van der Waals surface area contributed by atoms with Crippen LogP contribution in [0.3, 0.4) is 0 Å². The normalized spacial score (nSPS) is 10.4. The topological polar surface area (TPSA) is 34.0 Å². The number of benzene rings is 1. The fourth-order valence-corrected chi connectivity index (χ4v) is 2.44. The number of carbonyl (C=O) groups excluding carboxylic acids is 1. The fourth-order valence-electron chi connectivity index (χ4n) is 1.54. The zero-order chi connectivity index (χ0) is 13.3. The van der Waals surface area contributed by atoms with Gasteiger partial charge in [0, 0.05) is 17.7 Å². The van der Waals surface area contributed by atoms with Gasteiger partial charge in [-0.25, -0.2) is 4.39 Å². The number of aromatic nitrogens is 1. The molecule has 1 aromatic carbocycles. The van der Waals surface area contributed by atoms with Crippen LogP contribution in [-0.2, 0) is 7.05 Å². The van der Waals surface area contributed by atoms with E-state index in [0.717, 1.165) is 6.07 Å². The van der Waals surface area contributed by atoms with E-state index in [1.165, 1.54) is 6.07 Å². The molecule has 0 radical (unpaired) electrons. The van der Waals surface area contributed by atoms with Crippen LogP contribution in [0.2, 0.25) is 5.02 Å². The number of anilines is 1. The molecule has 6 heteroatoms. The summed E-state index contributed by atoms with van der Waals surface area (Å²) in [6, 6.07) is 5.83. The molecule has 0 unspecified atom stereocenters. The third kappa shape index (κ3) is 2.57. The Morgan fingerprint density at radius 2 is 2.22 bits per heavy atom. The molecule has 0 bridgehead atoms. The Bertz CT molecular complexity index is 589. The largest absolute Gasteiger partial charge is 0.347 e. The first-order chi connectivity index (χ1) is 8.49. The van der Waals surface area contributed by atoms with Crippen molar-refractivity contribution in [2.45, 2.75) is 0 Å². The van der Waals surface area contributed by atoms with Crippen molar-refractivity contribution in [3.63, 3.8) is 0 Å². The summed E-state index contributed by atoms with van der Waals surface area (Å²) in [5.74, 6) is -0.777. The van der Waals surface area contributed by atoms with Crippen molar-refractivity contribution < 1.29 is 9.18 Å². The predicted octanol–water partition coefficient (Wildman–Crippen LogP) is 3.83. The standard InChI is InChI=1S/C12H9BrClFN2O/c1-17-4-2-3-10(17)12(18)16-11-8(13)5-7(15)6-9(11)14/h2-6H,1H3,(H,16,18). The van der Waals surface area contributed by atoms with E-state index < -0.39 is 5.82 Å². The maximum absolute atomic E-state index is 13.1. The monoisotopic (exact) mass is 330 g/mol. The lowest BCUT2D eigenvalue weighted by Gasteiger charge is -2.10. The summed E-state index contributed by atoms with van der Waals surface area (Å²) in [6.07, 6.45) is 1.76. The molecule has 3 nitrogen and oxygen atoms in total. The van der Waals surface area contributed by atoms with Gasteiger partial charge in [0.05, 0.1) is 10.7 Å². The van der Waals surface area contributed by atoms with Gasteiger partial charge in [0.15, 0.2) is 0 Å². The second-order valence-corrected chi connectivity index (χ2v) is 4.96. The van der Waals surface area contributed by atoms with Gasteiger partial charge in [0.2, 0.25) is 0 Å². The Morgan fingerprint density at radius 1 is 1.50 bits per heavy atom. The zero-order valence-corrected chi connectivity index (χ0v) is 11.7. The second kappa shape index (κ2) is 5.12. The first kappa shape index (κ1) is 13.1. The molecule has 2 rings (SSSR count). The predicted molar refractivity (Wildman–Crippen MR) is 72.5 cm³/mol. The first-order valence-electron chi connectivity index (χ1n) is 5.06. The third-order valence-corrected chi connectivity index (χ3v) is 3.35. The van der Waals surface area contributed by atoms with E-state index in [1.54, 1.807) is 29.9 Å². The van der Waals surface area contributed by atoms with Crippen LogP contribution >= 0.6 is 27.5 Å². The number of hydrogen-bond donors (Lipinski definition) is 1. The molecule has 2 aromatic rings. The summed E-state index contributed by atoms with van der Waals surface area (Å²) in [4.78, 5) is 12.0. The van der Waals surface area contributed by atoms with Crippen LogP contribution in [0.5, 0.6) is 0 Å². The molecule has 0 aliphatic rings. The van der Waals surface area contributed by atoms with Crippen LogP contribution in [0.1, 0.15) is 10.5 Å². The number of amides is 1. The summed E-state index contributed by atoms with van der Waals surface area (Å²) < 4.78 is 15.1. The highest BCUT2D eigenvalue weighted by atomic mass is 79.9. The number of rotatable bonds is 2. The lowest BCUT2D eigenvalue weighted by atomic mass is 10.3. The number of halogens is 3. The molecule has 0 spiro atoms. The van der Waals surface area contributed by atoms with E-state index in [1.807, 2.05) is 0 Å². The summed E-state index contributed by atoms with van der Waals surface area (Å²) in [7, 11) is 1.76. The van der Waals surface area contributed by atoms with Crippen molar-refractivity contribution in [2.75, 3.05) is 5.32 Å². The highest BCUT2D eigenvalue weighted by molar-refractivity contribution is 9.10. The lowest BCUT2D eigenvalue weighted by Crippen LogP contribution is -2.16. The van der Waals surface area contributed by atoms with Crippen molar-refractivity contribution in [1.82, 2.24) is 4.57 Å². The van der Waals surface area contributed by atoms with Gasteiger partial charge in [-0.1, -0.05) is 11.6 Å². The van der Waals surface area contributed by atoms with Gasteiger partial charge >= 0.3 is 0 Å². The molecule has 1 aromatic heterocycles. The molecule has 0 aliphatic carbocycles. The fraction of sp³-hybridized carbons (Fsp3) is 0.0833. The van der Waals surface area contributed by atoms with E-state index in [2.05, 4.69) is 21.2 Å². The number of aryl methyl sites for hydroxylation is 1. The number of nitrogens with one attached hydrogen (secondary N) is 1. The molecule has 0 fully saturated rings. The Kier molecular flexibility index (Phi) is 3.73. The first-order valence-corrected chi connectivity index (χ1v) is 6.23. The number of nitrogens with zero attached hydrogens (tertiary/aromatic N) is 1. The van der Waals surface area contributed by atoms with Crippen LogP contribution in [0.4, 0.5) is 10.1 Å². The molecule has 1 N–H and O–H groups in total. The molecule has 0 aliphatic heterocycles. The minimum absolute atomic E-state index is 0.143. The summed E-state index contributed by atoms with van der Waals surface area (Å²) in [6.45, 7) is 0. The van der Waals surface area contributed by atoms with E-state index in [9.17, 15) is 9.18 Å². The van der Waals surface area contributed by atoms with E-state index in [0.29, 0.717) is 15.9 Å². The van der Waals surface area contributed by atoms with Crippen molar-refractivity contribution in [1.29, 1.82) is 0 Å². The molecular formula is C12H9BrClFN2O. The Hall–Kier alpha value is -1.33. The van der Waals surface area contributed by atoms with Crippen LogP contribution in [0, 0.1) is 5.82 Å². The van der Waals surface area contributed by atoms with Gasteiger partial charge in [-0.2, -0.15) is 0 Å². The van der Waals surface area contributed by atoms with Crippen molar-refractivity contribution in [3.05, 3.63) is 51.5 Å². The van der Waals surface area contributed by atoms with E-state index in [-0.39, 0.29) is 10.9 Å². The van der Waals surface area contributed by atoms with Crippen LogP contribution in [-0.4, -0.2) is 10.5 Å². The average molecular weight is 332 g/mol. The highest BCUT2D eigenvalue weighted by Gasteiger charge is 2.14. The van der Waals surface area contributed by atoms with Crippen molar-refractivity contribution >= 4 is 39.1 Å². The Balaban J connectivity index is 2.31. The van der Waals surface area contributed by atoms with Gasteiger partial charge < -0.3 is 9.88 Å². The number of carbonyl (C=O) groups is 1. The van der Waals surface area contributed by atoms with E-state index >= 15 is 0 Å². The van der Waals surface area contributed by atoms with Crippen molar-refractivity contribution in [2.24, 2.45) is 7.05 Å². The van der Waals surface area contributed by atoms with Crippen LogP contribution < -0.4 is 5.32 Å². The summed E-state index contributed by atoms with van der Waals surface area (Å²) >= 11 is 9.05. The smallest absolute Gasteiger partial charge is 0.272 e. The second-order valence-electron chi connectivity index (χ2n) is 3.70. The van der Waals surface area contributed by atoms with Crippen LogP contribution in [0.25, 0.3) is 0 Å². The quantitative estimate of drug-likeness (QED) is 0.891. The molecule has 0 atom stereocenters. The molecule has 0 saturated heterocycles. The van der Waals surface area contributed by atoms with Crippen LogP contribution in [0.15, 0.2) is 34.9 Å². The molecule has 94 valence electrons. The SMILES string of the molecule is Cn1cccc1C(=O)Nc1c(Cl)cc(F)cc1Br. The van der Waals surface area contributed by atoms with Gasteiger partial charge in [-0.15, -0.1) is 0 Å². The highest BCUT2D eigenvalue weighted by Crippen LogP contribution is 2.31. The molecule has 1 amide bonds. The Labute approximate surface area is 117 Å². The van der Waals surface area contributed by atoms with Crippen molar-refractivity contribution in [3.8, 4) is 0 Å². The van der Waals surface area contributed by atoms with Gasteiger partial charge in [0.25, 0.3) is 5.91 Å². The third-order valence-electron chi connectivity index (χ3n) is 2.42.